The van der Waals surface area contributed by atoms with E-state index >= 15 is 0 Å². The van der Waals surface area contributed by atoms with Gasteiger partial charge in [-0.05, 0) is 45.4 Å². The molecule has 0 aromatic heterocycles. The summed E-state index contributed by atoms with van der Waals surface area (Å²) in [6.45, 7) is 8.80. The molecule has 0 saturated carbocycles. The first-order chi connectivity index (χ1) is 12.2. The fraction of sp³-hybridized carbons (Fsp3) is 0.526. The third-order valence-corrected chi connectivity index (χ3v) is 5.10. The summed E-state index contributed by atoms with van der Waals surface area (Å²) in [5.41, 5.74) is 0.543. The zero-order chi connectivity index (χ0) is 19.5. The highest BCUT2D eigenvalue weighted by atomic mass is 35.5. The predicted molar refractivity (Wildman–Crippen MR) is 102 cm³/mol. The Labute approximate surface area is 159 Å². The Hall–Kier alpha value is -2.08. The number of anilines is 1. The molecular formula is C19H26ClN3O3. The first-order valence-electron chi connectivity index (χ1n) is 8.87. The summed E-state index contributed by atoms with van der Waals surface area (Å²) in [7, 11) is 0. The third-order valence-electron chi connectivity index (χ3n) is 4.78. The van der Waals surface area contributed by atoms with Crippen molar-refractivity contribution in [3.8, 4) is 0 Å². The van der Waals surface area contributed by atoms with Crippen LogP contribution >= 0.6 is 11.6 Å². The molecule has 2 N–H and O–H groups in total. The van der Waals surface area contributed by atoms with Gasteiger partial charge in [0.05, 0.1) is 16.5 Å². The molecule has 26 heavy (non-hydrogen) atoms. The second-order valence-corrected chi connectivity index (χ2v) is 7.62. The summed E-state index contributed by atoms with van der Waals surface area (Å²) in [6.07, 6.45) is 1.01. The van der Waals surface area contributed by atoms with Crippen molar-refractivity contribution in [1.29, 1.82) is 0 Å². The van der Waals surface area contributed by atoms with Gasteiger partial charge in [-0.3, -0.25) is 14.4 Å². The topological polar surface area (TPSA) is 78.5 Å². The van der Waals surface area contributed by atoms with Crippen LogP contribution in [0, 0.1) is 5.92 Å². The van der Waals surface area contributed by atoms with Gasteiger partial charge in [-0.25, -0.2) is 0 Å². The lowest BCUT2D eigenvalue weighted by molar-refractivity contribution is -0.128. The Morgan fingerprint density at radius 2 is 2.00 bits per heavy atom. The smallest absolute Gasteiger partial charge is 0.253 e. The second kappa shape index (κ2) is 8.08. The van der Waals surface area contributed by atoms with Crippen molar-refractivity contribution in [3.63, 3.8) is 0 Å². The number of carbonyl (C=O) groups is 3. The number of hydrogen-bond donors (Lipinski definition) is 2. The summed E-state index contributed by atoms with van der Waals surface area (Å²) in [6, 6.07) is 4.80. The van der Waals surface area contributed by atoms with Crippen LogP contribution in [0.1, 0.15) is 50.9 Å². The molecule has 1 aromatic carbocycles. The van der Waals surface area contributed by atoms with Gasteiger partial charge in [-0.1, -0.05) is 18.5 Å². The van der Waals surface area contributed by atoms with E-state index in [-0.39, 0.29) is 40.6 Å². The van der Waals surface area contributed by atoms with Gasteiger partial charge in [0.2, 0.25) is 11.8 Å². The number of nitrogens with zero attached hydrogens (tertiary/aromatic N) is 1. The molecule has 7 heteroatoms. The lowest BCUT2D eigenvalue weighted by Crippen LogP contribution is -2.42. The Bertz CT molecular complexity index is 718. The van der Waals surface area contributed by atoms with Crippen LogP contribution in [0.5, 0.6) is 0 Å². The number of nitrogens with one attached hydrogen (secondary N) is 2. The Morgan fingerprint density at radius 3 is 2.54 bits per heavy atom. The molecule has 2 rings (SSSR count). The van der Waals surface area contributed by atoms with Gasteiger partial charge in [-0.15, -0.1) is 0 Å². The van der Waals surface area contributed by atoms with Gasteiger partial charge in [0.15, 0.2) is 0 Å². The molecule has 1 aliphatic rings. The maximum absolute atomic E-state index is 12.4. The molecule has 0 spiro atoms. The van der Waals surface area contributed by atoms with E-state index in [4.69, 9.17) is 11.6 Å². The van der Waals surface area contributed by atoms with Crippen LogP contribution in [0.3, 0.4) is 0 Å². The van der Waals surface area contributed by atoms with Crippen LogP contribution < -0.4 is 10.6 Å². The lowest BCUT2D eigenvalue weighted by atomic mass is 10.0. The minimum atomic E-state index is -0.366. The van der Waals surface area contributed by atoms with Crippen LogP contribution in [-0.4, -0.2) is 41.2 Å². The zero-order valence-corrected chi connectivity index (χ0v) is 16.4. The second-order valence-electron chi connectivity index (χ2n) is 7.21. The first-order valence-corrected chi connectivity index (χ1v) is 9.25. The third kappa shape index (κ3) is 4.75. The SMILES string of the molecule is CCN1CC(C(=O)Nc2ccc(C(=O)NC(C)(C)CC)c(Cl)c2)CC1=O. The van der Waals surface area contributed by atoms with E-state index in [1.807, 2.05) is 27.7 Å². The summed E-state index contributed by atoms with van der Waals surface area (Å²) < 4.78 is 0. The molecule has 0 aliphatic carbocycles. The monoisotopic (exact) mass is 379 g/mol. The van der Waals surface area contributed by atoms with Crippen molar-refractivity contribution in [2.45, 2.75) is 46.1 Å². The minimum Gasteiger partial charge on any atom is -0.347 e. The van der Waals surface area contributed by atoms with E-state index in [9.17, 15) is 14.4 Å². The average Bonchev–Trinajstić information content (AvgIpc) is 2.95. The predicted octanol–water partition coefficient (Wildman–Crippen LogP) is 3.07. The first kappa shape index (κ1) is 20.2. The van der Waals surface area contributed by atoms with Crippen molar-refractivity contribution in [3.05, 3.63) is 28.8 Å². The normalized spacial score (nSPS) is 17.3. The number of likely N-dealkylation sites (tertiary alicyclic amines) is 1. The zero-order valence-electron chi connectivity index (χ0n) is 15.7. The molecule has 1 aromatic rings. The number of carbonyl (C=O) groups excluding carboxylic acids is 3. The molecule has 6 nitrogen and oxygen atoms in total. The van der Waals surface area contributed by atoms with E-state index in [0.29, 0.717) is 24.3 Å². The Balaban J connectivity index is 2.04. The quantitative estimate of drug-likeness (QED) is 0.797. The molecule has 1 heterocycles. The fourth-order valence-electron chi connectivity index (χ4n) is 2.74. The van der Waals surface area contributed by atoms with E-state index in [1.54, 1.807) is 23.1 Å². The molecule has 0 bridgehead atoms. The maximum atomic E-state index is 12.4. The van der Waals surface area contributed by atoms with Gasteiger partial charge >= 0.3 is 0 Å². The maximum Gasteiger partial charge on any atom is 0.253 e. The highest BCUT2D eigenvalue weighted by Crippen LogP contribution is 2.24. The Morgan fingerprint density at radius 1 is 1.31 bits per heavy atom. The molecule has 3 amide bonds. The van der Waals surface area contributed by atoms with Gasteiger partial charge in [0.25, 0.3) is 5.91 Å². The van der Waals surface area contributed by atoms with Crippen molar-refractivity contribution in [2.75, 3.05) is 18.4 Å². The fourth-order valence-corrected chi connectivity index (χ4v) is 3.00. The average molecular weight is 380 g/mol. The Kier molecular flexibility index (Phi) is 6.29. The highest BCUT2D eigenvalue weighted by Gasteiger charge is 2.33. The van der Waals surface area contributed by atoms with Crippen molar-refractivity contribution in [1.82, 2.24) is 10.2 Å². The van der Waals surface area contributed by atoms with Crippen molar-refractivity contribution in [2.24, 2.45) is 5.92 Å². The molecule has 1 aliphatic heterocycles. The van der Waals surface area contributed by atoms with Crippen LogP contribution in [0.2, 0.25) is 5.02 Å². The number of halogens is 1. The van der Waals surface area contributed by atoms with Gasteiger partial charge in [0, 0.05) is 30.7 Å². The summed E-state index contributed by atoms with van der Waals surface area (Å²) in [4.78, 5) is 38.2. The summed E-state index contributed by atoms with van der Waals surface area (Å²) in [5, 5.41) is 5.98. The van der Waals surface area contributed by atoms with Crippen LogP contribution in [0.15, 0.2) is 18.2 Å². The highest BCUT2D eigenvalue weighted by molar-refractivity contribution is 6.34. The molecule has 1 unspecified atom stereocenters. The van der Waals surface area contributed by atoms with E-state index in [2.05, 4.69) is 10.6 Å². The molecule has 1 fully saturated rings. The molecule has 1 saturated heterocycles. The molecule has 0 radical (unpaired) electrons. The van der Waals surface area contributed by atoms with Crippen LogP contribution in [0.4, 0.5) is 5.69 Å². The lowest BCUT2D eigenvalue weighted by Gasteiger charge is -2.24. The molecule has 1 atom stereocenters. The summed E-state index contributed by atoms with van der Waals surface area (Å²) >= 11 is 6.23. The van der Waals surface area contributed by atoms with Crippen molar-refractivity contribution < 1.29 is 14.4 Å². The van der Waals surface area contributed by atoms with E-state index in [0.717, 1.165) is 6.42 Å². The number of rotatable bonds is 6. The van der Waals surface area contributed by atoms with Gasteiger partial charge in [0.1, 0.15) is 0 Å². The summed E-state index contributed by atoms with van der Waals surface area (Å²) in [5.74, 6) is -0.833. The van der Waals surface area contributed by atoms with Crippen LogP contribution in [-0.2, 0) is 9.59 Å². The van der Waals surface area contributed by atoms with E-state index < -0.39 is 0 Å². The standard InChI is InChI=1S/C19H26ClN3O3/c1-5-19(3,4)22-18(26)14-8-7-13(10-15(14)20)21-17(25)12-9-16(24)23(6-2)11-12/h7-8,10,12H,5-6,9,11H2,1-4H3,(H,21,25)(H,22,26). The van der Waals surface area contributed by atoms with Crippen molar-refractivity contribution >= 4 is 35.0 Å². The van der Waals surface area contributed by atoms with Crippen LogP contribution in [0.25, 0.3) is 0 Å². The van der Waals surface area contributed by atoms with Gasteiger partial charge in [-0.2, -0.15) is 0 Å². The number of amides is 3. The van der Waals surface area contributed by atoms with Gasteiger partial charge < -0.3 is 15.5 Å². The minimum absolute atomic E-state index is 0.00348. The number of hydrogen-bond acceptors (Lipinski definition) is 3. The number of benzene rings is 1. The van der Waals surface area contributed by atoms with E-state index in [1.165, 1.54) is 0 Å². The molecular weight excluding hydrogens is 354 g/mol. The molecule has 142 valence electrons. The largest absolute Gasteiger partial charge is 0.347 e.